The summed E-state index contributed by atoms with van der Waals surface area (Å²) in [7, 11) is 1.52. The molecule has 0 bridgehead atoms. The van der Waals surface area contributed by atoms with Gasteiger partial charge in [0.2, 0.25) is 5.91 Å². The number of hydrogen-bond acceptors (Lipinski definition) is 3. The summed E-state index contributed by atoms with van der Waals surface area (Å²) in [6.07, 6.45) is 5.83. The predicted molar refractivity (Wildman–Crippen MR) is 97.0 cm³/mol. The normalized spacial score (nSPS) is 23.4. The average molecular weight is 365 g/mol. The highest BCUT2D eigenvalue weighted by atomic mass is 35.5. The van der Waals surface area contributed by atoms with Crippen molar-refractivity contribution in [2.24, 2.45) is 5.92 Å². The van der Waals surface area contributed by atoms with Crippen LogP contribution in [0.2, 0.25) is 5.02 Å². The van der Waals surface area contributed by atoms with Gasteiger partial charge in [0.1, 0.15) is 5.75 Å². The van der Waals surface area contributed by atoms with E-state index in [-0.39, 0.29) is 23.8 Å². The predicted octanol–water partition coefficient (Wildman–Crippen LogP) is 3.26. The first-order chi connectivity index (χ1) is 12.1. The van der Waals surface area contributed by atoms with E-state index in [0.29, 0.717) is 16.3 Å². The van der Waals surface area contributed by atoms with E-state index < -0.39 is 0 Å². The molecule has 1 aromatic carbocycles. The summed E-state index contributed by atoms with van der Waals surface area (Å²) in [6, 6.07) is 5.01. The van der Waals surface area contributed by atoms with Gasteiger partial charge in [-0.25, -0.2) is 0 Å². The van der Waals surface area contributed by atoms with Crippen LogP contribution >= 0.6 is 11.6 Å². The van der Waals surface area contributed by atoms with Crippen LogP contribution in [0.5, 0.6) is 5.75 Å². The van der Waals surface area contributed by atoms with E-state index in [2.05, 4.69) is 5.32 Å². The van der Waals surface area contributed by atoms with Gasteiger partial charge < -0.3 is 15.0 Å². The molecule has 1 aliphatic heterocycles. The second kappa shape index (κ2) is 8.09. The number of nitrogens with one attached hydrogen (secondary N) is 1. The van der Waals surface area contributed by atoms with Crippen LogP contribution in [-0.2, 0) is 4.79 Å². The molecule has 3 rings (SSSR count). The summed E-state index contributed by atoms with van der Waals surface area (Å²) >= 11 is 5.94. The van der Waals surface area contributed by atoms with Gasteiger partial charge in [0.15, 0.2) is 0 Å². The molecule has 2 atom stereocenters. The zero-order valence-electron chi connectivity index (χ0n) is 14.6. The lowest BCUT2D eigenvalue weighted by Crippen LogP contribution is -2.40. The van der Waals surface area contributed by atoms with Crippen molar-refractivity contribution < 1.29 is 14.3 Å². The fraction of sp³-hybridized carbons (Fsp3) is 0.579. The summed E-state index contributed by atoms with van der Waals surface area (Å²) in [5.74, 6) is 0.588. The number of rotatable bonds is 4. The standard InChI is InChI=1S/C19H25ClN2O3/c1-25-17-12-14(20)6-8-16(17)18(23)21-15-7-5-13(11-15)19(24)22-9-3-2-4-10-22/h6,8,12-13,15H,2-5,7,9-11H2,1H3,(H,21,23)/t13-,15+/m1/s1. The maximum atomic E-state index is 12.6. The molecule has 1 aliphatic carbocycles. The molecular weight excluding hydrogens is 340 g/mol. The van der Waals surface area contributed by atoms with Crippen LogP contribution in [0.25, 0.3) is 0 Å². The highest BCUT2D eigenvalue weighted by Gasteiger charge is 2.34. The third-order valence-electron chi connectivity index (χ3n) is 5.19. The number of amides is 2. The number of carbonyl (C=O) groups is 2. The van der Waals surface area contributed by atoms with Gasteiger partial charge in [-0.3, -0.25) is 9.59 Å². The molecule has 0 spiro atoms. The number of carbonyl (C=O) groups excluding carboxylic acids is 2. The molecular formula is C19H25ClN2O3. The maximum Gasteiger partial charge on any atom is 0.255 e. The summed E-state index contributed by atoms with van der Waals surface area (Å²) in [5.41, 5.74) is 0.470. The molecule has 2 amide bonds. The van der Waals surface area contributed by atoms with Gasteiger partial charge in [0.05, 0.1) is 12.7 Å². The highest BCUT2D eigenvalue weighted by molar-refractivity contribution is 6.30. The fourth-order valence-corrected chi connectivity index (χ4v) is 3.99. The van der Waals surface area contributed by atoms with Crippen molar-refractivity contribution in [2.45, 2.75) is 44.6 Å². The number of hydrogen-bond donors (Lipinski definition) is 1. The van der Waals surface area contributed by atoms with Crippen LogP contribution in [0.4, 0.5) is 0 Å². The van der Waals surface area contributed by atoms with Crippen molar-refractivity contribution in [3.8, 4) is 5.75 Å². The van der Waals surface area contributed by atoms with Crippen molar-refractivity contribution in [2.75, 3.05) is 20.2 Å². The Morgan fingerprint density at radius 3 is 2.68 bits per heavy atom. The molecule has 1 saturated heterocycles. The Labute approximate surface area is 153 Å². The number of halogens is 1. The van der Waals surface area contributed by atoms with Gasteiger partial charge in [-0.2, -0.15) is 0 Å². The van der Waals surface area contributed by atoms with E-state index >= 15 is 0 Å². The smallest absolute Gasteiger partial charge is 0.255 e. The van der Waals surface area contributed by atoms with E-state index in [1.807, 2.05) is 4.90 Å². The van der Waals surface area contributed by atoms with Crippen LogP contribution in [0.3, 0.4) is 0 Å². The van der Waals surface area contributed by atoms with E-state index in [0.717, 1.165) is 45.2 Å². The number of ether oxygens (including phenoxy) is 1. The van der Waals surface area contributed by atoms with Gasteiger partial charge in [-0.1, -0.05) is 11.6 Å². The lowest BCUT2D eigenvalue weighted by Gasteiger charge is -2.29. The Morgan fingerprint density at radius 2 is 1.96 bits per heavy atom. The molecule has 1 heterocycles. The zero-order chi connectivity index (χ0) is 17.8. The molecule has 6 heteroatoms. The molecule has 1 N–H and O–H groups in total. The minimum absolute atomic E-state index is 0.0339. The molecule has 25 heavy (non-hydrogen) atoms. The van der Waals surface area contributed by atoms with E-state index in [1.54, 1.807) is 18.2 Å². The summed E-state index contributed by atoms with van der Waals surface area (Å²) < 4.78 is 5.24. The Bertz CT molecular complexity index is 644. The molecule has 0 unspecified atom stereocenters. The molecule has 1 aromatic rings. The average Bonchev–Trinajstić information content (AvgIpc) is 3.10. The molecule has 136 valence electrons. The highest BCUT2D eigenvalue weighted by Crippen LogP contribution is 2.29. The van der Waals surface area contributed by atoms with E-state index in [9.17, 15) is 9.59 Å². The van der Waals surface area contributed by atoms with E-state index in [1.165, 1.54) is 13.5 Å². The van der Waals surface area contributed by atoms with Gasteiger partial charge in [0.25, 0.3) is 5.91 Å². The van der Waals surface area contributed by atoms with Crippen LogP contribution in [0.15, 0.2) is 18.2 Å². The Hall–Kier alpha value is -1.75. The SMILES string of the molecule is COc1cc(Cl)ccc1C(=O)N[C@H]1CC[C@@H](C(=O)N2CCCCC2)C1. The molecule has 2 aliphatic rings. The summed E-state index contributed by atoms with van der Waals surface area (Å²) in [4.78, 5) is 27.2. The minimum atomic E-state index is -0.176. The first-order valence-electron chi connectivity index (χ1n) is 9.01. The van der Waals surface area contributed by atoms with Crippen LogP contribution < -0.4 is 10.1 Å². The topological polar surface area (TPSA) is 58.6 Å². The van der Waals surface area contributed by atoms with Crippen LogP contribution in [0.1, 0.15) is 48.9 Å². The van der Waals surface area contributed by atoms with Crippen molar-refractivity contribution in [3.63, 3.8) is 0 Å². The van der Waals surface area contributed by atoms with Crippen molar-refractivity contribution >= 4 is 23.4 Å². The van der Waals surface area contributed by atoms with Gasteiger partial charge in [-0.05, 0) is 56.7 Å². The second-order valence-corrected chi connectivity index (χ2v) is 7.35. The Balaban J connectivity index is 1.57. The number of piperidine rings is 1. The van der Waals surface area contributed by atoms with Gasteiger partial charge in [-0.15, -0.1) is 0 Å². The van der Waals surface area contributed by atoms with Crippen molar-refractivity contribution in [3.05, 3.63) is 28.8 Å². The zero-order valence-corrected chi connectivity index (χ0v) is 15.3. The van der Waals surface area contributed by atoms with Crippen molar-refractivity contribution in [1.82, 2.24) is 10.2 Å². The number of methoxy groups -OCH3 is 1. The quantitative estimate of drug-likeness (QED) is 0.892. The molecule has 2 fully saturated rings. The maximum absolute atomic E-state index is 12.6. The number of nitrogens with zero attached hydrogens (tertiary/aromatic N) is 1. The van der Waals surface area contributed by atoms with Crippen LogP contribution in [-0.4, -0.2) is 43.0 Å². The summed E-state index contributed by atoms with van der Waals surface area (Å²) in [5, 5.41) is 3.57. The lowest BCUT2D eigenvalue weighted by molar-refractivity contribution is -0.136. The third kappa shape index (κ3) is 4.27. The van der Waals surface area contributed by atoms with Gasteiger partial charge in [0, 0.05) is 30.1 Å². The fourth-order valence-electron chi connectivity index (χ4n) is 3.83. The second-order valence-electron chi connectivity index (χ2n) is 6.91. The third-order valence-corrected chi connectivity index (χ3v) is 5.43. The first kappa shape index (κ1) is 18.1. The number of benzene rings is 1. The molecule has 0 radical (unpaired) electrons. The molecule has 0 aromatic heterocycles. The monoisotopic (exact) mass is 364 g/mol. The Morgan fingerprint density at radius 1 is 1.20 bits per heavy atom. The molecule has 1 saturated carbocycles. The van der Waals surface area contributed by atoms with E-state index in [4.69, 9.17) is 16.3 Å². The van der Waals surface area contributed by atoms with Gasteiger partial charge >= 0.3 is 0 Å². The minimum Gasteiger partial charge on any atom is -0.496 e. The molecule has 5 nitrogen and oxygen atoms in total. The summed E-state index contributed by atoms with van der Waals surface area (Å²) in [6.45, 7) is 1.77. The van der Waals surface area contributed by atoms with Crippen LogP contribution in [0, 0.1) is 5.92 Å². The first-order valence-corrected chi connectivity index (χ1v) is 9.39. The Kier molecular flexibility index (Phi) is 5.84. The number of likely N-dealkylation sites (tertiary alicyclic amines) is 1. The lowest BCUT2D eigenvalue weighted by atomic mass is 10.0. The van der Waals surface area contributed by atoms with Crippen molar-refractivity contribution in [1.29, 1.82) is 0 Å². The largest absolute Gasteiger partial charge is 0.496 e.